The summed E-state index contributed by atoms with van der Waals surface area (Å²) in [5.41, 5.74) is 7.58. The Morgan fingerprint density at radius 3 is 2.44 bits per heavy atom. The van der Waals surface area contributed by atoms with Gasteiger partial charge in [-0.3, -0.25) is 4.79 Å². The van der Waals surface area contributed by atoms with Gasteiger partial charge in [-0.05, 0) is 48.9 Å². The van der Waals surface area contributed by atoms with Crippen LogP contribution < -0.4 is 11.1 Å². The highest BCUT2D eigenvalue weighted by Gasteiger charge is 2.08. The first-order valence-electron chi connectivity index (χ1n) is 5.49. The van der Waals surface area contributed by atoms with Crippen molar-refractivity contribution in [2.24, 2.45) is 0 Å². The van der Waals surface area contributed by atoms with Crippen LogP contribution in [0.1, 0.15) is 15.9 Å². The van der Waals surface area contributed by atoms with Crippen molar-refractivity contribution in [2.75, 3.05) is 11.1 Å². The van der Waals surface area contributed by atoms with Gasteiger partial charge in [0, 0.05) is 16.9 Å². The Balaban J connectivity index is 2.16. The largest absolute Gasteiger partial charge is 0.399 e. The van der Waals surface area contributed by atoms with Crippen molar-refractivity contribution in [1.82, 2.24) is 0 Å². The van der Waals surface area contributed by atoms with Crippen LogP contribution in [-0.2, 0) is 0 Å². The van der Waals surface area contributed by atoms with Crippen molar-refractivity contribution in [3.05, 3.63) is 59.4 Å². The van der Waals surface area contributed by atoms with Crippen molar-refractivity contribution in [3.8, 4) is 0 Å². The van der Waals surface area contributed by atoms with Crippen LogP contribution in [0.25, 0.3) is 0 Å². The van der Waals surface area contributed by atoms with Crippen molar-refractivity contribution in [3.63, 3.8) is 0 Å². The molecule has 0 spiro atoms. The number of nitrogen functional groups attached to an aromatic ring is 1. The fourth-order valence-corrected chi connectivity index (χ4v) is 1.50. The van der Waals surface area contributed by atoms with Gasteiger partial charge in [-0.15, -0.1) is 0 Å². The number of rotatable bonds is 2. The van der Waals surface area contributed by atoms with E-state index in [1.54, 1.807) is 43.3 Å². The average Bonchev–Trinajstić information content (AvgIpc) is 2.35. The molecule has 3 N–H and O–H groups in total. The van der Waals surface area contributed by atoms with Gasteiger partial charge in [-0.2, -0.15) is 0 Å². The number of aryl methyl sites for hydroxylation is 1. The first-order chi connectivity index (χ1) is 8.56. The maximum absolute atomic E-state index is 13.3. The summed E-state index contributed by atoms with van der Waals surface area (Å²) < 4.78 is 13.3. The summed E-state index contributed by atoms with van der Waals surface area (Å²) in [6.07, 6.45) is 0. The zero-order valence-electron chi connectivity index (χ0n) is 9.91. The molecule has 2 aromatic carbocycles. The minimum Gasteiger partial charge on any atom is -0.399 e. The Hall–Kier alpha value is -2.36. The van der Waals surface area contributed by atoms with Gasteiger partial charge in [-0.1, -0.05) is 6.07 Å². The molecule has 0 aliphatic rings. The molecule has 0 aromatic heterocycles. The summed E-state index contributed by atoms with van der Waals surface area (Å²) in [6.45, 7) is 1.65. The summed E-state index contributed by atoms with van der Waals surface area (Å²) in [6, 6.07) is 11.1. The van der Waals surface area contributed by atoms with E-state index in [0.717, 1.165) is 0 Å². The lowest BCUT2D eigenvalue weighted by atomic mass is 10.1. The van der Waals surface area contributed by atoms with E-state index in [4.69, 9.17) is 5.73 Å². The van der Waals surface area contributed by atoms with Crippen molar-refractivity contribution >= 4 is 17.3 Å². The number of carbonyl (C=O) groups excluding carboxylic acids is 1. The number of hydrogen-bond donors (Lipinski definition) is 2. The van der Waals surface area contributed by atoms with E-state index in [2.05, 4.69) is 5.32 Å². The molecule has 92 valence electrons. The molecule has 0 fully saturated rings. The maximum Gasteiger partial charge on any atom is 0.255 e. The lowest BCUT2D eigenvalue weighted by Gasteiger charge is -2.06. The normalized spacial score (nSPS) is 10.1. The van der Waals surface area contributed by atoms with Gasteiger partial charge in [0.1, 0.15) is 5.82 Å². The number of nitrogens with one attached hydrogen (secondary N) is 1. The summed E-state index contributed by atoms with van der Waals surface area (Å²) in [5.74, 6) is -0.737. The molecule has 0 heterocycles. The van der Waals surface area contributed by atoms with Gasteiger partial charge in [0.05, 0.1) is 0 Å². The van der Waals surface area contributed by atoms with Crippen LogP contribution in [0.4, 0.5) is 15.8 Å². The van der Waals surface area contributed by atoms with Gasteiger partial charge in [-0.25, -0.2) is 4.39 Å². The molecule has 18 heavy (non-hydrogen) atoms. The molecule has 0 aliphatic heterocycles. The van der Waals surface area contributed by atoms with E-state index in [-0.39, 0.29) is 17.3 Å². The molecule has 0 bridgehead atoms. The van der Waals surface area contributed by atoms with E-state index in [0.29, 0.717) is 16.9 Å². The van der Waals surface area contributed by atoms with Crippen LogP contribution in [0.5, 0.6) is 0 Å². The SMILES string of the molecule is Cc1ccc(C(=O)Nc2ccc(N)cc2)cc1F. The first kappa shape index (κ1) is 12.1. The predicted octanol–water partition coefficient (Wildman–Crippen LogP) is 2.97. The lowest BCUT2D eigenvalue weighted by molar-refractivity contribution is 0.102. The molecular formula is C14H13FN2O. The van der Waals surface area contributed by atoms with E-state index in [9.17, 15) is 9.18 Å². The molecule has 3 nitrogen and oxygen atoms in total. The summed E-state index contributed by atoms with van der Waals surface area (Å²) in [7, 11) is 0. The molecule has 0 saturated carbocycles. The zero-order valence-corrected chi connectivity index (χ0v) is 9.91. The number of benzene rings is 2. The van der Waals surface area contributed by atoms with Crippen LogP contribution in [-0.4, -0.2) is 5.91 Å². The van der Waals surface area contributed by atoms with Crippen molar-refractivity contribution in [1.29, 1.82) is 0 Å². The number of anilines is 2. The Morgan fingerprint density at radius 1 is 1.17 bits per heavy atom. The van der Waals surface area contributed by atoms with Gasteiger partial charge in [0.15, 0.2) is 0 Å². The quantitative estimate of drug-likeness (QED) is 0.798. The first-order valence-corrected chi connectivity index (χ1v) is 5.49. The van der Waals surface area contributed by atoms with Gasteiger partial charge >= 0.3 is 0 Å². The third-order valence-electron chi connectivity index (χ3n) is 2.60. The second-order valence-electron chi connectivity index (χ2n) is 4.04. The molecule has 0 radical (unpaired) electrons. The Bertz CT molecular complexity index is 579. The second kappa shape index (κ2) is 4.87. The average molecular weight is 244 g/mol. The number of hydrogen-bond acceptors (Lipinski definition) is 2. The van der Waals surface area contributed by atoms with E-state index >= 15 is 0 Å². The number of nitrogens with two attached hydrogens (primary N) is 1. The van der Waals surface area contributed by atoms with Crippen LogP contribution in [0.2, 0.25) is 0 Å². The minimum atomic E-state index is -0.389. The molecule has 4 heteroatoms. The van der Waals surface area contributed by atoms with Crippen molar-refractivity contribution in [2.45, 2.75) is 6.92 Å². The topological polar surface area (TPSA) is 55.1 Å². The van der Waals surface area contributed by atoms with E-state index < -0.39 is 0 Å². The molecular weight excluding hydrogens is 231 g/mol. The molecule has 2 aromatic rings. The van der Waals surface area contributed by atoms with E-state index in [1.165, 1.54) is 6.07 Å². The Kier molecular flexibility index (Phi) is 3.28. The number of carbonyl (C=O) groups is 1. The molecule has 0 atom stereocenters. The zero-order chi connectivity index (χ0) is 13.1. The second-order valence-corrected chi connectivity index (χ2v) is 4.04. The van der Waals surface area contributed by atoms with Crippen LogP contribution in [0, 0.1) is 12.7 Å². The summed E-state index contributed by atoms with van der Waals surface area (Å²) >= 11 is 0. The minimum absolute atomic E-state index is 0.287. The lowest BCUT2D eigenvalue weighted by Crippen LogP contribution is -2.12. The Morgan fingerprint density at radius 2 is 1.83 bits per heavy atom. The molecule has 1 amide bonds. The smallest absolute Gasteiger partial charge is 0.255 e. The van der Waals surface area contributed by atoms with Crippen LogP contribution >= 0.6 is 0 Å². The van der Waals surface area contributed by atoms with Gasteiger partial charge < -0.3 is 11.1 Å². The molecule has 0 saturated heterocycles. The molecule has 2 rings (SSSR count). The van der Waals surface area contributed by atoms with E-state index in [1.807, 2.05) is 0 Å². The van der Waals surface area contributed by atoms with Crippen LogP contribution in [0.3, 0.4) is 0 Å². The predicted molar refractivity (Wildman–Crippen MR) is 69.9 cm³/mol. The summed E-state index contributed by atoms with van der Waals surface area (Å²) in [4.78, 5) is 11.9. The monoisotopic (exact) mass is 244 g/mol. The molecule has 0 unspecified atom stereocenters. The fraction of sp³-hybridized carbons (Fsp3) is 0.0714. The van der Waals surface area contributed by atoms with Crippen LogP contribution in [0.15, 0.2) is 42.5 Å². The highest BCUT2D eigenvalue weighted by molar-refractivity contribution is 6.04. The standard InChI is InChI=1S/C14H13FN2O/c1-9-2-3-10(8-13(9)15)14(18)17-12-6-4-11(16)5-7-12/h2-8H,16H2,1H3,(H,17,18). The maximum atomic E-state index is 13.3. The fourth-order valence-electron chi connectivity index (χ4n) is 1.50. The third kappa shape index (κ3) is 2.66. The number of amides is 1. The van der Waals surface area contributed by atoms with Gasteiger partial charge in [0.25, 0.3) is 5.91 Å². The highest BCUT2D eigenvalue weighted by Crippen LogP contribution is 2.14. The summed E-state index contributed by atoms with van der Waals surface area (Å²) in [5, 5.41) is 2.67. The third-order valence-corrected chi connectivity index (χ3v) is 2.60. The van der Waals surface area contributed by atoms with Gasteiger partial charge in [0.2, 0.25) is 0 Å². The highest BCUT2D eigenvalue weighted by atomic mass is 19.1. The molecule has 0 aliphatic carbocycles. The Labute approximate surface area is 104 Å². The number of halogens is 1. The van der Waals surface area contributed by atoms with Crippen molar-refractivity contribution < 1.29 is 9.18 Å².